The van der Waals surface area contributed by atoms with E-state index < -0.39 is 0 Å². The number of carbonyl (C=O) groups excluding carboxylic acids is 1. The van der Waals surface area contributed by atoms with Gasteiger partial charge in [0.1, 0.15) is 17.3 Å². The van der Waals surface area contributed by atoms with Crippen molar-refractivity contribution in [2.24, 2.45) is 5.73 Å². The molecule has 0 bridgehead atoms. The molecule has 1 amide bonds. The van der Waals surface area contributed by atoms with E-state index in [-0.39, 0.29) is 11.7 Å². The summed E-state index contributed by atoms with van der Waals surface area (Å²) in [6.45, 7) is 0. The van der Waals surface area contributed by atoms with Gasteiger partial charge >= 0.3 is 0 Å². The molecule has 3 aromatic carbocycles. The number of hydrogen-bond donors (Lipinski definition) is 3. The molecule has 0 saturated heterocycles. The maximum atomic E-state index is 12.6. The topological polar surface area (TPSA) is 97.4 Å². The molecule has 6 nitrogen and oxygen atoms in total. The molecule has 0 saturated carbocycles. The summed E-state index contributed by atoms with van der Waals surface area (Å²) in [4.78, 5) is 12.6. The Morgan fingerprint density at radius 2 is 1.42 bits per heavy atom. The van der Waals surface area contributed by atoms with Crippen molar-refractivity contribution in [3.63, 3.8) is 0 Å². The van der Waals surface area contributed by atoms with Crippen LogP contribution in [0.4, 0.5) is 5.69 Å². The zero-order chi connectivity index (χ0) is 18.7. The maximum absolute atomic E-state index is 12.6. The first-order valence-electron chi connectivity index (χ1n) is 7.93. The minimum Gasteiger partial charge on any atom is -0.497 e. The summed E-state index contributed by atoms with van der Waals surface area (Å²) < 4.78 is 10.4. The summed E-state index contributed by atoms with van der Waals surface area (Å²) in [6, 6.07) is 16.0. The van der Waals surface area contributed by atoms with Crippen molar-refractivity contribution in [2.75, 3.05) is 19.5 Å². The largest absolute Gasteiger partial charge is 0.497 e. The van der Waals surface area contributed by atoms with Gasteiger partial charge in [-0.25, -0.2) is 0 Å². The Kier molecular flexibility index (Phi) is 4.75. The summed E-state index contributed by atoms with van der Waals surface area (Å²) in [5.41, 5.74) is 7.27. The molecule has 0 spiro atoms. The Hall–Kier alpha value is -3.54. The Balaban J connectivity index is 1.88. The van der Waals surface area contributed by atoms with Gasteiger partial charge in [0, 0.05) is 35.0 Å². The third-order valence-electron chi connectivity index (χ3n) is 4.02. The van der Waals surface area contributed by atoms with E-state index in [0.29, 0.717) is 28.3 Å². The third-order valence-corrected chi connectivity index (χ3v) is 4.02. The lowest BCUT2D eigenvalue weighted by Crippen LogP contribution is -2.12. The summed E-state index contributed by atoms with van der Waals surface area (Å²) in [7, 11) is 3.11. The van der Waals surface area contributed by atoms with E-state index >= 15 is 0 Å². The van der Waals surface area contributed by atoms with Gasteiger partial charge in [-0.2, -0.15) is 0 Å². The molecule has 0 heterocycles. The van der Waals surface area contributed by atoms with Crippen LogP contribution in [0, 0.1) is 5.41 Å². The number of hydrogen-bond acceptors (Lipinski definition) is 4. The third kappa shape index (κ3) is 3.59. The van der Waals surface area contributed by atoms with Crippen LogP contribution in [0.15, 0.2) is 54.6 Å². The average molecular weight is 349 g/mol. The summed E-state index contributed by atoms with van der Waals surface area (Å²) in [5, 5.41) is 12.2. The SMILES string of the molecule is COc1cc(NC(=O)c2ccc3cc(C(=N)N)ccc3c2)cc(OC)c1. The fourth-order valence-corrected chi connectivity index (χ4v) is 2.64. The highest BCUT2D eigenvalue weighted by Crippen LogP contribution is 2.26. The number of amides is 1. The number of rotatable bonds is 5. The monoisotopic (exact) mass is 349 g/mol. The number of fused-ring (bicyclic) bond motifs is 1. The van der Waals surface area contributed by atoms with Crippen molar-refractivity contribution in [2.45, 2.75) is 0 Å². The molecular formula is C20H19N3O3. The van der Waals surface area contributed by atoms with Gasteiger partial charge in [-0.15, -0.1) is 0 Å². The molecule has 0 atom stereocenters. The summed E-state index contributed by atoms with van der Waals surface area (Å²) >= 11 is 0. The van der Waals surface area contributed by atoms with Crippen molar-refractivity contribution < 1.29 is 14.3 Å². The first-order chi connectivity index (χ1) is 12.5. The molecule has 26 heavy (non-hydrogen) atoms. The number of anilines is 1. The van der Waals surface area contributed by atoms with Gasteiger partial charge < -0.3 is 20.5 Å². The first-order valence-corrected chi connectivity index (χ1v) is 7.93. The number of methoxy groups -OCH3 is 2. The van der Waals surface area contributed by atoms with Gasteiger partial charge in [0.15, 0.2) is 0 Å². The second kappa shape index (κ2) is 7.14. The van der Waals surface area contributed by atoms with Crippen LogP contribution in [-0.2, 0) is 0 Å². The molecule has 0 fully saturated rings. The van der Waals surface area contributed by atoms with Gasteiger partial charge in [0.2, 0.25) is 0 Å². The highest BCUT2D eigenvalue weighted by molar-refractivity contribution is 6.07. The van der Waals surface area contributed by atoms with Crippen LogP contribution >= 0.6 is 0 Å². The van der Waals surface area contributed by atoms with Gasteiger partial charge in [-0.3, -0.25) is 10.2 Å². The van der Waals surface area contributed by atoms with Gasteiger partial charge in [-0.1, -0.05) is 18.2 Å². The van der Waals surface area contributed by atoms with E-state index in [0.717, 1.165) is 10.8 Å². The average Bonchev–Trinajstić information content (AvgIpc) is 2.66. The normalized spacial score (nSPS) is 10.4. The second-order valence-electron chi connectivity index (χ2n) is 5.75. The second-order valence-corrected chi connectivity index (χ2v) is 5.75. The van der Waals surface area contributed by atoms with E-state index in [4.69, 9.17) is 20.6 Å². The predicted molar refractivity (Wildman–Crippen MR) is 102 cm³/mol. The van der Waals surface area contributed by atoms with Crippen molar-refractivity contribution >= 4 is 28.2 Å². The standard InChI is InChI=1S/C20H19N3O3/c1-25-17-9-16(10-18(11-17)26-2)23-20(24)15-6-4-12-7-14(19(21)22)5-3-13(12)8-15/h3-11H,1-2H3,(H3,21,22)(H,23,24). The molecule has 3 rings (SSSR count). The summed E-state index contributed by atoms with van der Waals surface area (Å²) in [5.74, 6) is 0.961. The molecular weight excluding hydrogens is 330 g/mol. The molecule has 0 aliphatic carbocycles. The van der Waals surface area contributed by atoms with Crippen LogP contribution < -0.4 is 20.5 Å². The predicted octanol–water partition coefficient (Wildman–Crippen LogP) is 3.39. The Morgan fingerprint density at radius 3 is 1.96 bits per heavy atom. The number of nitrogens with one attached hydrogen (secondary N) is 2. The van der Waals surface area contributed by atoms with E-state index in [1.54, 1.807) is 50.6 Å². The molecule has 0 radical (unpaired) electrons. The molecule has 3 aromatic rings. The molecule has 0 aliphatic heterocycles. The molecule has 6 heteroatoms. The number of nitrogens with two attached hydrogens (primary N) is 1. The number of nitrogen functional groups attached to an aromatic ring is 1. The number of ether oxygens (including phenoxy) is 2. The highest BCUT2D eigenvalue weighted by Gasteiger charge is 2.10. The van der Waals surface area contributed by atoms with Crippen molar-refractivity contribution in [1.29, 1.82) is 5.41 Å². The highest BCUT2D eigenvalue weighted by atomic mass is 16.5. The van der Waals surface area contributed by atoms with Crippen LogP contribution in [-0.4, -0.2) is 26.0 Å². The lowest BCUT2D eigenvalue weighted by molar-refractivity contribution is 0.102. The summed E-state index contributed by atoms with van der Waals surface area (Å²) in [6.07, 6.45) is 0. The van der Waals surface area contributed by atoms with Crippen molar-refractivity contribution in [3.05, 3.63) is 65.7 Å². The van der Waals surface area contributed by atoms with Crippen molar-refractivity contribution in [1.82, 2.24) is 0 Å². The molecule has 132 valence electrons. The van der Waals surface area contributed by atoms with Crippen LogP contribution in [0.25, 0.3) is 10.8 Å². The minimum atomic E-state index is -0.238. The fraction of sp³-hybridized carbons (Fsp3) is 0.100. The zero-order valence-electron chi connectivity index (χ0n) is 14.5. The minimum absolute atomic E-state index is 0.0145. The van der Waals surface area contributed by atoms with Gasteiger partial charge in [0.25, 0.3) is 5.91 Å². The molecule has 0 aliphatic rings. The Morgan fingerprint density at radius 1 is 0.885 bits per heavy atom. The fourth-order valence-electron chi connectivity index (χ4n) is 2.64. The van der Waals surface area contributed by atoms with E-state index in [9.17, 15) is 4.79 Å². The maximum Gasteiger partial charge on any atom is 0.255 e. The number of amidine groups is 1. The van der Waals surface area contributed by atoms with Crippen molar-refractivity contribution in [3.8, 4) is 11.5 Å². The smallest absolute Gasteiger partial charge is 0.255 e. The van der Waals surface area contributed by atoms with Gasteiger partial charge in [-0.05, 0) is 29.0 Å². The first kappa shape index (κ1) is 17.3. The lowest BCUT2D eigenvalue weighted by Gasteiger charge is -2.10. The van der Waals surface area contributed by atoms with Gasteiger partial charge in [0.05, 0.1) is 14.2 Å². The quantitative estimate of drug-likeness (QED) is 0.486. The number of carbonyl (C=O) groups is 1. The van der Waals surface area contributed by atoms with Crippen LogP contribution in [0.1, 0.15) is 15.9 Å². The van der Waals surface area contributed by atoms with E-state index in [1.165, 1.54) is 0 Å². The van der Waals surface area contributed by atoms with Crippen LogP contribution in [0.5, 0.6) is 11.5 Å². The Labute approximate surface area is 151 Å². The van der Waals surface area contributed by atoms with Crippen LogP contribution in [0.2, 0.25) is 0 Å². The zero-order valence-corrected chi connectivity index (χ0v) is 14.5. The lowest BCUT2D eigenvalue weighted by atomic mass is 10.0. The molecule has 0 unspecified atom stereocenters. The van der Waals surface area contributed by atoms with Crippen LogP contribution in [0.3, 0.4) is 0 Å². The molecule has 4 N–H and O–H groups in total. The molecule has 0 aromatic heterocycles. The Bertz CT molecular complexity index is 977. The van der Waals surface area contributed by atoms with E-state index in [1.807, 2.05) is 18.2 Å². The van der Waals surface area contributed by atoms with E-state index in [2.05, 4.69) is 5.32 Å². The number of benzene rings is 3.